The summed E-state index contributed by atoms with van der Waals surface area (Å²) in [5.41, 5.74) is 2.06. The Bertz CT molecular complexity index is 818. The molecule has 2 fully saturated rings. The lowest BCUT2D eigenvalue weighted by Gasteiger charge is -2.39. The Labute approximate surface area is 221 Å². The van der Waals surface area contributed by atoms with Gasteiger partial charge in [0.2, 0.25) is 0 Å². The lowest BCUT2D eigenvalue weighted by molar-refractivity contribution is -0.0867. The van der Waals surface area contributed by atoms with Crippen molar-refractivity contribution in [2.75, 3.05) is 14.1 Å². The van der Waals surface area contributed by atoms with Crippen LogP contribution in [0.15, 0.2) is 47.6 Å². The molecule has 8 atom stereocenters. The van der Waals surface area contributed by atoms with E-state index in [1.165, 1.54) is 17.6 Å². The average Bonchev–Trinajstić information content (AvgIpc) is 3.54. The van der Waals surface area contributed by atoms with Crippen LogP contribution in [0.5, 0.6) is 0 Å². The zero-order valence-corrected chi connectivity index (χ0v) is 24.2. The number of hydrogen-bond acceptors (Lipinski definition) is 4. The average molecular weight is 500 g/mol. The van der Waals surface area contributed by atoms with Gasteiger partial charge in [-0.3, -0.25) is 0 Å². The Hall–Kier alpha value is -1.20. The maximum atomic E-state index is 10.3. The molecule has 4 nitrogen and oxygen atoms in total. The standard InChI is InChI=1S/C32H53NO3/c1-9-30-23(3)13-16-31(36-30)24(4)17-22(2)11-10-12-25-18-26(25)14-15-28-19-27(33(7)8)20-29(35-28)21-32(5,6)34/h10,12-15,17,22,25-31,34H,9,11,16,18-21H2,1-8H3/b12-10?,15-14+,24-17+/t22-,25+,26?,27?,28?,29?,30?,31?/m1/s1. The SMILES string of the molecule is CCC1OC(/C(C)=C/[C@H](C)CC=C[C@H]2CC2/C=C/C2CC(N(C)C)CC(CC(C)(C)O)O2)CC=C1C. The van der Waals surface area contributed by atoms with Gasteiger partial charge in [0.15, 0.2) is 0 Å². The molecule has 1 N–H and O–H groups in total. The Morgan fingerprint density at radius 3 is 2.53 bits per heavy atom. The first kappa shape index (κ1) is 29.4. The summed E-state index contributed by atoms with van der Waals surface area (Å²) in [6, 6.07) is 0.501. The van der Waals surface area contributed by atoms with Crippen molar-refractivity contribution in [2.45, 2.75) is 123 Å². The highest BCUT2D eigenvalue weighted by molar-refractivity contribution is 5.17. The zero-order chi connectivity index (χ0) is 26.5. The molecule has 3 rings (SSSR count). The zero-order valence-electron chi connectivity index (χ0n) is 24.2. The quantitative estimate of drug-likeness (QED) is 0.315. The smallest absolute Gasteiger partial charge is 0.0825 e. The van der Waals surface area contributed by atoms with Crippen molar-refractivity contribution in [3.63, 3.8) is 0 Å². The summed E-state index contributed by atoms with van der Waals surface area (Å²) >= 11 is 0. The number of nitrogens with zero attached hydrogens (tertiary/aromatic N) is 1. The molecule has 36 heavy (non-hydrogen) atoms. The van der Waals surface area contributed by atoms with Crippen LogP contribution in [0.25, 0.3) is 0 Å². The van der Waals surface area contributed by atoms with E-state index in [1.54, 1.807) is 0 Å². The molecular formula is C32H53NO3. The van der Waals surface area contributed by atoms with E-state index in [2.05, 4.69) is 83.1 Å². The highest BCUT2D eigenvalue weighted by Crippen LogP contribution is 2.41. The fraction of sp³-hybridized carbons (Fsp3) is 0.750. The van der Waals surface area contributed by atoms with Gasteiger partial charge < -0.3 is 19.5 Å². The largest absolute Gasteiger partial charge is 0.390 e. The predicted octanol–water partition coefficient (Wildman–Crippen LogP) is 6.86. The molecular weight excluding hydrogens is 446 g/mol. The van der Waals surface area contributed by atoms with Crippen molar-refractivity contribution < 1.29 is 14.6 Å². The van der Waals surface area contributed by atoms with Gasteiger partial charge in [0.1, 0.15) is 0 Å². The monoisotopic (exact) mass is 499 g/mol. The van der Waals surface area contributed by atoms with Crippen LogP contribution >= 0.6 is 0 Å². The Morgan fingerprint density at radius 1 is 1.14 bits per heavy atom. The third kappa shape index (κ3) is 9.28. The summed E-state index contributed by atoms with van der Waals surface area (Å²) in [4.78, 5) is 2.31. The summed E-state index contributed by atoms with van der Waals surface area (Å²) in [5.74, 6) is 1.83. The maximum absolute atomic E-state index is 10.3. The van der Waals surface area contributed by atoms with Gasteiger partial charge in [-0.25, -0.2) is 0 Å². The lowest BCUT2D eigenvalue weighted by atomic mass is 9.90. The fourth-order valence-electron chi connectivity index (χ4n) is 5.79. The Balaban J connectivity index is 1.44. The molecule has 3 aliphatic rings. The number of hydrogen-bond donors (Lipinski definition) is 1. The van der Waals surface area contributed by atoms with Gasteiger partial charge in [-0.1, -0.05) is 50.3 Å². The minimum Gasteiger partial charge on any atom is -0.390 e. The van der Waals surface area contributed by atoms with Crippen LogP contribution in [-0.2, 0) is 9.47 Å². The minimum absolute atomic E-state index is 0.112. The van der Waals surface area contributed by atoms with Crippen molar-refractivity contribution in [1.29, 1.82) is 0 Å². The van der Waals surface area contributed by atoms with E-state index in [0.717, 1.165) is 32.1 Å². The molecule has 0 amide bonds. The predicted molar refractivity (Wildman–Crippen MR) is 151 cm³/mol. The van der Waals surface area contributed by atoms with E-state index >= 15 is 0 Å². The van der Waals surface area contributed by atoms with Crippen molar-refractivity contribution in [2.24, 2.45) is 17.8 Å². The summed E-state index contributed by atoms with van der Waals surface area (Å²) in [6.45, 7) is 12.7. The first-order chi connectivity index (χ1) is 16.9. The highest BCUT2D eigenvalue weighted by Gasteiger charge is 2.35. The van der Waals surface area contributed by atoms with E-state index in [9.17, 15) is 5.11 Å². The van der Waals surface area contributed by atoms with Crippen LogP contribution in [0.1, 0.15) is 86.5 Å². The van der Waals surface area contributed by atoms with Gasteiger partial charge in [-0.05, 0) is 109 Å². The molecule has 0 aromatic heterocycles. The maximum Gasteiger partial charge on any atom is 0.0825 e. The third-order valence-corrected chi connectivity index (χ3v) is 8.14. The molecule has 6 unspecified atom stereocenters. The van der Waals surface area contributed by atoms with Crippen LogP contribution in [0.4, 0.5) is 0 Å². The summed E-state index contributed by atoms with van der Waals surface area (Å²) in [5, 5.41) is 10.3. The summed E-state index contributed by atoms with van der Waals surface area (Å²) in [7, 11) is 4.30. The van der Waals surface area contributed by atoms with Crippen molar-refractivity contribution in [3.05, 3.63) is 47.6 Å². The first-order valence-corrected chi connectivity index (χ1v) is 14.3. The van der Waals surface area contributed by atoms with E-state index in [4.69, 9.17) is 9.47 Å². The van der Waals surface area contributed by atoms with Gasteiger partial charge >= 0.3 is 0 Å². The first-order valence-electron chi connectivity index (χ1n) is 14.3. The van der Waals surface area contributed by atoms with Crippen molar-refractivity contribution in [3.8, 4) is 0 Å². The molecule has 1 aliphatic carbocycles. The van der Waals surface area contributed by atoms with Crippen molar-refractivity contribution in [1.82, 2.24) is 4.90 Å². The van der Waals surface area contributed by atoms with Crippen LogP contribution in [-0.4, -0.2) is 60.2 Å². The van der Waals surface area contributed by atoms with E-state index < -0.39 is 5.60 Å². The van der Waals surface area contributed by atoms with E-state index in [0.29, 0.717) is 30.2 Å². The second-order valence-corrected chi connectivity index (χ2v) is 12.6. The molecule has 0 aromatic carbocycles. The number of aliphatic hydroxyl groups is 1. The molecule has 0 spiro atoms. The number of ether oxygens (including phenoxy) is 2. The fourth-order valence-corrected chi connectivity index (χ4v) is 5.79. The highest BCUT2D eigenvalue weighted by atomic mass is 16.5. The third-order valence-electron chi connectivity index (χ3n) is 8.14. The second kappa shape index (κ2) is 13.0. The Morgan fingerprint density at radius 2 is 1.86 bits per heavy atom. The van der Waals surface area contributed by atoms with Gasteiger partial charge in [0.05, 0.1) is 30.0 Å². The van der Waals surface area contributed by atoms with Gasteiger partial charge in [-0.2, -0.15) is 0 Å². The minimum atomic E-state index is -0.693. The summed E-state index contributed by atoms with van der Waals surface area (Å²) < 4.78 is 12.7. The molecule has 4 heteroatoms. The second-order valence-electron chi connectivity index (χ2n) is 12.6. The molecule has 1 saturated heterocycles. The molecule has 0 aromatic rings. The number of rotatable bonds is 11. The van der Waals surface area contributed by atoms with Gasteiger partial charge in [-0.15, -0.1) is 0 Å². The van der Waals surface area contributed by atoms with Crippen molar-refractivity contribution >= 4 is 0 Å². The van der Waals surface area contributed by atoms with Crippen LogP contribution in [0.2, 0.25) is 0 Å². The molecule has 0 radical (unpaired) electrons. The molecule has 2 heterocycles. The molecule has 204 valence electrons. The number of allylic oxidation sites excluding steroid dienone is 4. The topological polar surface area (TPSA) is 41.9 Å². The lowest BCUT2D eigenvalue weighted by Crippen LogP contribution is -2.44. The normalized spacial score (nSPS) is 35.0. The summed E-state index contributed by atoms with van der Waals surface area (Å²) in [6.07, 6.45) is 22.1. The van der Waals surface area contributed by atoms with E-state index in [1.807, 2.05) is 13.8 Å². The van der Waals surface area contributed by atoms with Crippen LogP contribution < -0.4 is 0 Å². The Kier molecular flexibility index (Phi) is 10.6. The molecule has 0 bridgehead atoms. The van der Waals surface area contributed by atoms with Gasteiger partial charge in [0, 0.05) is 12.5 Å². The van der Waals surface area contributed by atoms with E-state index in [-0.39, 0.29) is 24.4 Å². The van der Waals surface area contributed by atoms with Gasteiger partial charge in [0.25, 0.3) is 0 Å². The molecule has 2 aliphatic heterocycles. The van der Waals surface area contributed by atoms with Crippen LogP contribution in [0.3, 0.4) is 0 Å². The van der Waals surface area contributed by atoms with Crippen LogP contribution in [0, 0.1) is 17.8 Å². The molecule has 1 saturated carbocycles.